The summed E-state index contributed by atoms with van der Waals surface area (Å²) in [7, 11) is 0. The topological polar surface area (TPSA) is 64.4 Å². The minimum absolute atomic E-state index is 0.177. The summed E-state index contributed by atoms with van der Waals surface area (Å²) < 4.78 is 44.0. The Morgan fingerprint density at radius 3 is 2.47 bits per heavy atom. The smallest absolute Gasteiger partial charge is 0.406 e. The van der Waals surface area contributed by atoms with E-state index in [1.54, 1.807) is 0 Å². The molecule has 5 nitrogen and oxygen atoms in total. The Bertz CT molecular complexity index is 550. The fourth-order valence-corrected chi connectivity index (χ4v) is 1.28. The number of rotatable bonds is 3. The van der Waals surface area contributed by atoms with Gasteiger partial charge < -0.3 is 14.6 Å². The molecule has 0 fully saturated rings. The van der Waals surface area contributed by atoms with Crippen molar-refractivity contribution in [1.29, 1.82) is 0 Å². The molecule has 1 aromatic heterocycles. The first-order valence-electron chi connectivity index (χ1n) is 5.00. The molecule has 1 N–H and O–H groups in total. The molecular formula is C11H7F3N2O3. The van der Waals surface area contributed by atoms with Crippen molar-refractivity contribution in [3.8, 4) is 5.75 Å². The zero-order valence-corrected chi connectivity index (χ0v) is 9.27. The summed E-state index contributed by atoms with van der Waals surface area (Å²) in [6.45, 7) is 0. The molecule has 0 atom stereocenters. The second-order valence-electron chi connectivity index (χ2n) is 3.44. The van der Waals surface area contributed by atoms with Gasteiger partial charge in [-0.3, -0.25) is 4.79 Å². The lowest BCUT2D eigenvalue weighted by Crippen LogP contribution is -2.17. The van der Waals surface area contributed by atoms with Gasteiger partial charge in [-0.1, -0.05) is 5.16 Å². The molecule has 0 aliphatic carbocycles. The molecule has 19 heavy (non-hydrogen) atoms. The molecule has 1 heterocycles. The summed E-state index contributed by atoms with van der Waals surface area (Å²) in [4.78, 5) is 11.7. The van der Waals surface area contributed by atoms with Crippen LogP contribution in [0.1, 0.15) is 10.4 Å². The Morgan fingerprint density at radius 1 is 1.26 bits per heavy atom. The van der Waals surface area contributed by atoms with Crippen molar-refractivity contribution in [2.75, 3.05) is 5.32 Å². The number of hydrogen-bond donors (Lipinski definition) is 1. The number of benzene rings is 1. The SMILES string of the molecule is O=C(Nc1cnoc1)c1ccc(OC(F)(F)F)cc1. The van der Waals surface area contributed by atoms with Crippen molar-refractivity contribution >= 4 is 11.6 Å². The molecular weight excluding hydrogens is 265 g/mol. The highest BCUT2D eigenvalue weighted by Crippen LogP contribution is 2.22. The second kappa shape index (κ2) is 5.01. The molecule has 0 bridgehead atoms. The Morgan fingerprint density at radius 2 is 1.95 bits per heavy atom. The molecule has 100 valence electrons. The van der Waals surface area contributed by atoms with Gasteiger partial charge in [0.1, 0.15) is 17.7 Å². The van der Waals surface area contributed by atoms with E-state index in [0.717, 1.165) is 12.1 Å². The second-order valence-corrected chi connectivity index (χ2v) is 3.44. The third kappa shape index (κ3) is 3.73. The Balaban J connectivity index is 2.04. The zero-order valence-electron chi connectivity index (χ0n) is 9.27. The van der Waals surface area contributed by atoms with Gasteiger partial charge in [0.15, 0.2) is 0 Å². The number of amides is 1. The first-order chi connectivity index (χ1) is 8.94. The van der Waals surface area contributed by atoms with Crippen LogP contribution in [0.25, 0.3) is 0 Å². The number of alkyl halides is 3. The molecule has 8 heteroatoms. The summed E-state index contributed by atoms with van der Waals surface area (Å²) in [6.07, 6.45) is -2.25. The number of ether oxygens (including phenoxy) is 1. The number of hydrogen-bond acceptors (Lipinski definition) is 4. The van der Waals surface area contributed by atoms with Gasteiger partial charge in [-0.2, -0.15) is 0 Å². The molecule has 2 aromatic rings. The number of halogens is 3. The number of nitrogens with zero attached hydrogens (tertiary/aromatic N) is 1. The third-order valence-corrected chi connectivity index (χ3v) is 2.04. The van der Waals surface area contributed by atoms with Gasteiger partial charge in [0.2, 0.25) is 0 Å². The number of aromatic nitrogens is 1. The van der Waals surface area contributed by atoms with Gasteiger partial charge in [0.05, 0.1) is 6.20 Å². The lowest BCUT2D eigenvalue weighted by molar-refractivity contribution is -0.274. The number of carbonyl (C=O) groups excluding carboxylic acids is 1. The van der Waals surface area contributed by atoms with Gasteiger partial charge in [-0.15, -0.1) is 13.2 Å². The van der Waals surface area contributed by atoms with Crippen LogP contribution in [0.4, 0.5) is 18.9 Å². The van der Waals surface area contributed by atoms with E-state index in [2.05, 4.69) is 19.7 Å². The molecule has 0 radical (unpaired) electrons. The first kappa shape index (κ1) is 12.9. The molecule has 1 aromatic carbocycles. The van der Waals surface area contributed by atoms with Crippen LogP contribution in [0.5, 0.6) is 5.75 Å². The fraction of sp³-hybridized carbons (Fsp3) is 0.0909. The summed E-state index contributed by atoms with van der Waals surface area (Å²) in [6, 6.07) is 4.53. The van der Waals surface area contributed by atoms with Crippen molar-refractivity contribution < 1.29 is 27.2 Å². The summed E-state index contributed by atoms with van der Waals surface area (Å²) in [5, 5.41) is 5.84. The van der Waals surface area contributed by atoms with Crippen LogP contribution >= 0.6 is 0 Å². The van der Waals surface area contributed by atoms with E-state index in [1.807, 2.05) is 0 Å². The summed E-state index contributed by atoms with van der Waals surface area (Å²) in [5.74, 6) is -0.893. The molecule has 1 amide bonds. The van der Waals surface area contributed by atoms with Gasteiger partial charge in [-0.05, 0) is 24.3 Å². The standard InChI is InChI=1S/C11H7F3N2O3/c12-11(13,14)19-9-3-1-7(2-4-9)10(17)16-8-5-15-18-6-8/h1-6H,(H,16,17). The molecule has 0 saturated carbocycles. The van der Waals surface area contributed by atoms with Crippen molar-refractivity contribution in [2.45, 2.75) is 6.36 Å². The Kier molecular flexibility index (Phi) is 3.41. The lowest BCUT2D eigenvalue weighted by Gasteiger charge is -2.09. The van der Waals surface area contributed by atoms with E-state index < -0.39 is 18.0 Å². The van der Waals surface area contributed by atoms with Crippen LogP contribution in [0.2, 0.25) is 0 Å². The molecule has 0 aliphatic rings. The van der Waals surface area contributed by atoms with Crippen LogP contribution < -0.4 is 10.1 Å². The largest absolute Gasteiger partial charge is 0.573 e. The predicted octanol–water partition coefficient (Wildman–Crippen LogP) is 2.83. The predicted molar refractivity (Wildman–Crippen MR) is 57.6 cm³/mol. The first-order valence-corrected chi connectivity index (χ1v) is 5.00. The molecule has 0 spiro atoms. The Hall–Kier alpha value is -2.51. The highest BCUT2D eigenvalue weighted by atomic mass is 19.4. The summed E-state index contributed by atoms with van der Waals surface area (Å²) >= 11 is 0. The van der Waals surface area contributed by atoms with E-state index in [4.69, 9.17) is 0 Å². The van der Waals surface area contributed by atoms with E-state index in [1.165, 1.54) is 24.6 Å². The minimum Gasteiger partial charge on any atom is -0.406 e. The van der Waals surface area contributed by atoms with Crippen LogP contribution in [-0.2, 0) is 0 Å². The van der Waals surface area contributed by atoms with E-state index >= 15 is 0 Å². The van der Waals surface area contributed by atoms with Crippen LogP contribution in [0.3, 0.4) is 0 Å². The zero-order chi connectivity index (χ0) is 13.9. The molecule has 0 unspecified atom stereocenters. The van der Waals surface area contributed by atoms with Crippen molar-refractivity contribution in [2.24, 2.45) is 0 Å². The average molecular weight is 272 g/mol. The normalized spacial score (nSPS) is 11.1. The number of anilines is 1. The van der Waals surface area contributed by atoms with Gasteiger partial charge >= 0.3 is 6.36 Å². The summed E-state index contributed by atoms with van der Waals surface area (Å²) in [5.41, 5.74) is 0.524. The quantitative estimate of drug-likeness (QED) is 0.933. The van der Waals surface area contributed by atoms with E-state index in [0.29, 0.717) is 5.69 Å². The van der Waals surface area contributed by atoms with Gasteiger partial charge in [0, 0.05) is 5.56 Å². The number of nitrogens with one attached hydrogen (secondary N) is 1. The maximum absolute atomic E-state index is 11.9. The monoisotopic (exact) mass is 272 g/mol. The van der Waals surface area contributed by atoms with Crippen LogP contribution in [0, 0.1) is 0 Å². The van der Waals surface area contributed by atoms with Crippen LogP contribution in [0.15, 0.2) is 41.2 Å². The molecule has 0 saturated heterocycles. The molecule has 0 aliphatic heterocycles. The van der Waals surface area contributed by atoms with E-state index in [9.17, 15) is 18.0 Å². The van der Waals surface area contributed by atoms with Crippen molar-refractivity contribution in [1.82, 2.24) is 5.16 Å². The fourth-order valence-electron chi connectivity index (χ4n) is 1.28. The van der Waals surface area contributed by atoms with Crippen molar-refractivity contribution in [3.05, 3.63) is 42.3 Å². The third-order valence-electron chi connectivity index (χ3n) is 2.04. The van der Waals surface area contributed by atoms with E-state index in [-0.39, 0.29) is 5.56 Å². The maximum atomic E-state index is 11.9. The molecule has 2 rings (SSSR count). The van der Waals surface area contributed by atoms with Gasteiger partial charge in [0.25, 0.3) is 5.91 Å². The minimum atomic E-state index is -4.76. The van der Waals surface area contributed by atoms with Crippen LogP contribution in [-0.4, -0.2) is 17.4 Å². The van der Waals surface area contributed by atoms with Crippen molar-refractivity contribution in [3.63, 3.8) is 0 Å². The highest BCUT2D eigenvalue weighted by molar-refractivity contribution is 6.04. The highest BCUT2D eigenvalue weighted by Gasteiger charge is 2.31. The van der Waals surface area contributed by atoms with Gasteiger partial charge in [-0.25, -0.2) is 0 Å². The number of carbonyl (C=O) groups is 1. The Labute approximate surface area is 105 Å². The lowest BCUT2D eigenvalue weighted by atomic mass is 10.2. The maximum Gasteiger partial charge on any atom is 0.573 e. The average Bonchev–Trinajstić information content (AvgIpc) is 2.80.